The number of hydrogen-bond acceptors (Lipinski definition) is 3. The second kappa shape index (κ2) is 6.00. The molecule has 1 aliphatic rings. The van der Waals surface area contributed by atoms with E-state index in [4.69, 9.17) is 4.74 Å². The Kier molecular flexibility index (Phi) is 3.69. The summed E-state index contributed by atoms with van der Waals surface area (Å²) < 4.78 is 7.59. The molecule has 5 heteroatoms. The van der Waals surface area contributed by atoms with Crippen molar-refractivity contribution in [3.05, 3.63) is 48.8 Å². The van der Waals surface area contributed by atoms with Gasteiger partial charge in [0.05, 0.1) is 7.11 Å². The number of aromatic nitrogens is 2. The molecule has 0 radical (unpaired) electrons. The molecule has 0 saturated carbocycles. The van der Waals surface area contributed by atoms with Crippen LogP contribution in [0.4, 0.5) is 0 Å². The minimum absolute atomic E-state index is 0.136. The molecule has 5 nitrogen and oxygen atoms in total. The molecule has 1 aliphatic heterocycles. The molecule has 4 rings (SSSR count). The Morgan fingerprint density at radius 1 is 1.25 bits per heavy atom. The Morgan fingerprint density at radius 2 is 2.08 bits per heavy atom. The summed E-state index contributed by atoms with van der Waals surface area (Å²) in [6.07, 6.45) is 5.27. The molecule has 1 atom stereocenters. The van der Waals surface area contributed by atoms with E-state index in [9.17, 15) is 4.79 Å². The zero-order chi connectivity index (χ0) is 16.5. The van der Waals surface area contributed by atoms with E-state index >= 15 is 0 Å². The third-order valence-corrected chi connectivity index (χ3v) is 4.56. The maximum absolute atomic E-state index is 11.4. The predicted octanol–water partition coefficient (Wildman–Crippen LogP) is 2.99. The highest BCUT2D eigenvalue weighted by Gasteiger charge is 2.22. The van der Waals surface area contributed by atoms with Crippen LogP contribution in [0.1, 0.15) is 12.8 Å². The van der Waals surface area contributed by atoms with Gasteiger partial charge < -0.3 is 14.6 Å². The normalized spacial score (nSPS) is 17.2. The number of methoxy groups -OCH3 is 1. The highest BCUT2D eigenvalue weighted by molar-refractivity contribution is 5.98. The maximum atomic E-state index is 11.4. The van der Waals surface area contributed by atoms with E-state index in [1.807, 2.05) is 36.7 Å². The molecule has 1 fully saturated rings. The number of fused-ring (bicyclic) bond motifs is 1. The van der Waals surface area contributed by atoms with Gasteiger partial charge in [-0.15, -0.1) is 0 Å². The fraction of sp³-hybridized carbons (Fsp3) is 0.263. The van der Waals surface area contributed by atoms with Gasteiger partial charge in [-0.2, -0.15) is 0 Å². The summed E-state index contributed by atoms with van der Waals surface area (Å²) >= 11 is 0. The quantitative estimate of drug-likeness (QED) is 0.804. The Bertz CT molecular complexity index is 901. The van der Waals surface area contributed by atoms with E-state index in [0.717, 1.165) is 40.9 Å². The zero-order valence-corrected chi connectivity index (χ0v) is 13.5. The third-order valence-electron chi connectivity index (χ3n) is 4.56. The van der Waals surface area contributed by atoms with E-state index < -0.39 is 0 Å². The van der Waals surface area contributed by atoms with Gasteiger partial charge in [-0.25, -0.2) is 4.98 Å². The lowest BCUT2D eigenvalue weighted by Gasteiger charge is -2.15. The lowest BCUT2D eigenvalue weighted by molar-refractivity contribution is -0.119. The van der Waals surface area contributed by atoms with Crippen LogP contribution < -0.4 is 10.1 Å². The lowest BCUT2D eigenvalue weighted by atomic mass is 10.0. The summed E-state index contributed by atoms with van der Waals surface area (Å²) in [5, 5.41) is 5.20. The van der Waals surface area contributed by atoms with Crippen molar-refractivity contribution in [1.82, 2.24) is 14.9 Å². The molecule has 0 aliphatic carbocycles. The van der Waals surface area contributed by atoms with Gasteiger partial charge in [0.25, 0.3) is 0 Å². The summed E-state index contributed by atoms with van der Waals surface area (Å²) in [6.45, 7) is 0.738. The predicted molar refractivity (Wildman–Crippen MR) is 92.9 cm³/mol. The van der Waals surface area contributed by atoms with Crippen LogP contribution in [0, 0.1) is 0 Å². The van der Waals surface area contributed by atoms with Crippen LogP contribution in [0.25, 0.3) is 22.2 Å². The molecule has 0 bridgehead atoms. The minimum atomic E-state index is 0.136. The molecule has 1 N–H and O–H groups in total. The molecule has 1 aromatic heterocycles. The van der Waals surface area contributed by atoms with Gasteiger partial charge in [0.1, 0.15) is 11.6 Å². The van der Waals surface area contributed by atoms with Crippen molar-refractivity contribution in [2.24, 2.45) is 0 Å². The first-order valence-corrected chi connectivity index (χ1v) is 8.13. The first kappa shape index (κ1) is 14.8. The molecule has 1 amide bonds. The number of imidazole rings is 1. The third kappa shape index (κ3) is 2.52. The summed E-state index contributed by atoms with van der Waals surface area (Å²) in [5.74, 6) is 1.90. The number of nitrogens with one attached hydrogen (secondary N) is 1. The highest BCUT2D eigenvalue weighted by Crippen LogP contribution is 2.33. The molecule has 1 unspecified atom stereocenters. The molecule has 24 heavy (non-hydrogen) atoms. The molecule has 2 heterocycles. The molecule has 1 saturated heterocycles. The van der Waals surface area contributed by atoms with Crippen LogP contribution >= 0.6 is 0 Å². The molecular weight excluding hydrogens is 302 g/mol. The number of carbonyl (C=O) groups is 1. The standard InChI is InChI=1S/C19H19N3O2/c1-24-17-8-7-16(14-4-2-3-5-15(14)17)19-20-10-11-22(19)12-13-6-9-18(23)21-13/h2-5,7-8,10-11,13H,6,9,12H2,1H3,(H,21,23). The monoisotopic (exact) mass is 321 g/mol. The molecule has 2 aromatic carbocycles. The van der Waals surface area contributed by atoms with Gasteiger partial charge in [-0.3, -0.25) is 4.79 Å². The van der Waals surface area contributed by atoms with Gasteiger partial charge in [0.2, 0.25) is 5.91 Å². The van der Waals surface area contributed by atoms with Crippen molar-refractivity contribution >= 4 is 16.7 Å². The molecule has 0 spiro atoms. The van der Waals surface area contributed by atoms with Gasteiger partial charge in [0, 0.05) is 42.4 Å². The summed E-state index contributed by atoms with van der Waals surface area (Å²) in [4.78, 5) is 16.0. The first-order chi connectivity index (χ1) is 11.8. The van der Waals surface area contributed by atoms with Crippen LogP contribution in [0.3, 0.4) is 0 Å². The number of nitrogens with zero attached hydrogens (tertiary/aromatic N) is 2. The second-order valence-corrected chi connectivity index (χ2v) is 6.07. The number of carbonyl (C=O) groups excluding carboxylic acids is 1. The van der Waals surface area contributed by atoms with Crippen LogP contribution in [-0.2, 0) is 11.3 Å². The van der Waals surface area contributed by atoms with Crippen molar-refractivity contribution in [1.29, 1.82) is 0 Å². The van der Waals surface area contributed by atoms with E-state index in [-0.39, 0.29) is 11.9 Å². The van der Waals surface area contributed by atoms with Gasteiger partial charge in [-0.05, 0) is 23.9 Å². The summed E-state index contributed by atoms with van der Waals surface area (Å²) in [5.41, 5.74) is 1.07. The fourth-order valence-corrected chi connectivity index (χ4v) is 3.40. The number of hydrogen-bond donors (Lipinski definition) is 1. The van der Waals surface area contributed by atoms with E-state index in [0.29, 0.717) is 6.42 Å². The van der Waals surface area contributed by atoms with Crippen molar-refractivity contribution in [2.75, 3.05) is 7.11 Å². The summed E-state index contributed by atoms with van der Waals surface area (Å²) in [6, 6.07) is 12.4. The number of amides is 1. The van der Waals surface area contributed by atoms with Crippen LogP contribution in [0.5, 0.6) is 5.75 Å². The Labute approximate surface area is 140 Å². The SMILES string of the molecule is COc1ccc(-c2nccn2CC2CCC(=O)N2)c2ccccc12. The average Bonchev–Trinajstić information content (AvgIpc) is 3.23. The molecule has 3 aromatic rings. The number of rotatable bonds is 4. The van der Waals surface area contributed by atoms with Gasteiger partial charge in [-0.1, -0.05) is 24.3 Å². The van der Waals surface area contributed by atoms with Crippen molar-refractivity contribution < 1.29 is 9.53 Å². The highest BCUT2D eigenvalue weighted by atomic mass is 16.5. The van der Waals surface area contributed by atoms with Gasteiger partial charge >= 0.3 is 0 Å². The first-order valence-electron chi connectivity index (χ1n) is 8.13. The van der Waals surface area contributed by atoms with Crippen LogP contribution in [0.2, 0.25) is 0 Å². The smallest absolute Gasteiger partial charge is 0.220 e. The fourth-order valence-electron chi connectivity index (χ4n) is 3.40. The van der Waals surface area contributed by atoms with Gasteiger partial charge in [0.15, 0.2) is 0 Å². The Morgan fingerprint density at radius 3 is 2.83 bits per heavy atom. The second-order valence-electron chi connectivity index (χ2n) is 6.07. The topological polar surface area (TPSA) is 56.2 Å². The minimum Gasteiger partial charge on any atom is -0.496 e. The molecule has 122 valence electrons. The van der Waals surface area contributed by atoms with Crippen molar-refractivity contribution in [3.63, 3.8) is 0 Å². The number of benzene rings is 2. The average molecular weight is 321 g/mol. The van der Waals surface area contributed by atoms with Crippen LogP contribution in [0.15, 0.2) is 48.8 Å². The van der Waals surface area contributed by atoms with Crippen molar-refractivity contribution in [2.45, 2.75) is 25.4 Å². The molecular formula is C19H19N3O2. The van der Waals surface area contributed by atoms with E-state index in [2.05, 4.69) is 27.0 Å². The maximum Gasteiger partial charge on any atom is 0.220 e. The van der Waals surface area contributed by atoms with Crippen LogP contribution in [-0.4, -0.2) is 28.6 Å². The summed E-state index contributed by atoms with van der Waals surface area (Å²) in [7, 11) is 1.69. The number of ether oxygens (including phenoxy) is 1. The van der Waals surface area contributed by atoms with E-state index in [1.165, 1.54) is 0 Å². The van der Waals surface area contributed by atoms with E-state index in [1.54, 1.807) is 7.11 Å². The lowest BCUT2D eigenvalue weighted by Crippen LogP contribution is -2.29. The Hall–Kier alpha value is -2.82. The zero-order valence-electron chi connectivity index (χ0n) is 13.5. The van der Waals surface area contributed by atoms with Crippen molar-refractivity contribution in [3.8, 4) is 17.1 Å². The Balaban J connectivity index is 1.76. The largest absolute Gasteiger partial charge is 0.496 e.